The third kappa shape index (κ3) is 38.2. The molecular formula is C42H80O6S2. The van der Waals surface area contributed by atoms with Crippen LogP contribution in [0, 0.1) is 0 Å². The number of carboxylic acids is 2. The molecule has 0 aromatic carbocycles. The number of thioether (sulfide) groups is 2. The van der Waals surface area contributed by atoms with E-state index in [2.05, 4.69) is 13.8 Å². The highest BCUT2D eigenvalue weighted by molar-refractivity contribution is 8.31. The second-order valence-electron chi connectivity index (χ2n) is 14.3. The van der Waals surface area contributed by atoms with Crippen LogP contribution in [0.1, 0.15) is 240 Å². The molecule has 0 aromatic heterocycles. The molecule has 0 aliphatic heterocycles. The number of rotatable bonds is 36. The number of carbonyl (C=O) groups excluding carboxylic acids is 2. The molecule has 0 amide bonds. The summed E-state index contributed by atoms with van der Waals surface area (Å²) in [6, 6.07) is 0. The van der Waals surface area contributed by atoms with Gasteiger partial charge in [0.2, 0.25) is 0 Å². The summed E-state index contributed by atoms with van der Waals surface area (Å²) in [6.07, 6.45) is 39.3. The lowest BCUT2D eigenvalue weighted by atomic mass is 10.0. The van der Waals surface area contributed by atoms with Crippen LogP contribution in [-0.2, 0) is 19.2 Å². The molecule has 0 aromatic rings. The summed E-state index contributed by atoms with van der Waals surface area (Å²) in [7, 11) is 0. The Morgan fingerprint density at radius 2 is 0.600 bits per heavy atom. The average molecular weight is 745 g/mol. The van der Waals surface area contributed by atoms with E-state index < -0.39 is 16.0 Å². The zero-order valence-corrected chi connectivity index (χ0v) is 34.8. The lowest BCUT2D eigenvalue weighted by Gasteiger charge is -2.21. The second kappa shape index (κ2) is 39.2. The van der Waals surface area contributed by atoms with Crippen molar-refractivity contribution in [1.82, 2.24) is 0 Å². The largest absolute Gasteiger partial charge is 0.481 e. The van der Waals surface area contributed by atoms with Gasteiger partial charge in [0.25, 0.3) is 0 Å². The van der Waals surface area contributed by atoms with Gasteiger partial charge in [-0.2, -0.15) is 0 Å². The van der Waals surface area contributed by atoms with Crippen molar-refractivity contribution >= 4 is 45.7 Å². The number of hydrogen-bond donors (Lipinski definition) is 2. The fourth-order valence-electron chi connectivity index (χ4n) is 5.93. The molecule has 0 radical (unpaired) electrons. The number of aliphatic carboxylic acids is 2. The van der Waals surface area contributed by atoms with Gasteiger partial charge in [0, 0.05) is 19.3 Å². The van der Waals surface area contributed by atoms with Crippen molar-refractivity contribution in [2.24, 2.45) is 0 Å². The summed E-state index contributed by atoms with van der Waals surface area (Å²) in [6.45, 7) is 7.65. The molecule has 50 heavy (non-hydrogen) atoms. The summed E-state index contributed by atoms with van der Waals surface area (Å²) >= 11 is 1.67. The van der Waals surface area contributed by atoms with Crippen LogP contribution >= 0.6 is 23.5 Å². The molecule has 2 N–H and O–H groups in total. The minimum absolute atomic E-state index is 0.109. The lowest BCUT2D eigenvalue weighted by Crippen LogP contribution is -2.30. The van der Waals surface area contributed by atoms with Gasteiger partial charge in [-0.3, -0.25) is 14.4 Å². The molecule has 6 nitrogen and oxygen atoms in total. The number of unbranched alkanes of at least 4 members (excludes halogenated alkanes) is 28. The zero-order valence-electron chi connectivity index (χ0n) is 33.2. The van der Waals surface area contributed by atoms with Crippen molar-refractivity contribution in [3.63, 3.8) is 0 Å². The van der Waals surface area contributed by atoms with Crippen molar-refractivity contribution < 1.29 is 29.4 Å². The maximum atomic E-state index is 12.6. The third-order valence-corrected chi connectivity index (χ3v) is 11.8. The molecule has 0 aliphatic rings. The Balaban J connectivity index is 0. The van der Waals surface area contributed by atoms with Gasteiger partial charge < -0.3 is 10.2 Å². The van der Waals surface area contributed by atoms with Gasteiger partial charge in [-0.15, -0.1) is 0 Å². The van der Waals surface area contributed by atoms with Crippen LogP contribution in [0.4, 0.5) is 0 Å². The Bertz CT molecular complexity index is 755. The first-order chi connectivity index (χ1) is 24.1. The number of carboxylic acid groups (broad SMARTS) is 2. The molecule has 296 valence electrons. The molecule has 0 bridgehead atoms. The molecule has 0 rings (SSSR count). The van der Waals surface area contributed by atoms with Crippen LogP contribution < -0.4 is 0 Å². The molecule has 0 spiro atoms. The Labute approximate surface area is 317 Å². The highest BCUT2D eigenvalue weighted by Crippen LogP contribution is 2.40. The first-order valence-corrected chi connectivity index (χ1v) is 22.6. The molecule has 0 atom stereocenters. The lowest BCUT2D eigenvalue weighted by molar-refractivity contribution is -0.137. The SMILES string of the molecule is CCC(=O)O.CCCCCCCCCCCCCCCCCC(=O)SC(C)(SC(=O)CCCCCCCCCCCCCCCCC)C(=O)O. The van der Waals surface area contributed by atoms with Crippen LogP contribution in [0.15, 0.2) is 0 Å². The molecule has 0 saturated carbocycles. The van der Waals surface area contributed by atoms with E-state index in [1.54, 1.807) is 6.92 Å². The van der Waals surface area contributed by atoms with Crippen molar-refractivity contribution in [3.8, 4) is 0 Å². The minimum atomic E-state index is -1.43. The molecule has 0 heterocycles. The normalized spacial score (nSPS) is 11.3. The first kappa shape index (κ1) is 51.1. The van der Waals surface area contributed by atoms with E-state index >= 15 is 0 Å². The zero-order chi connectivity index (χ0) is 37.6. The second-order valence-corrected chi connectivity index (χ2v) is 17.6. The van der Waals surface area contributed by atoms with E-state index in [-0.39, 0.29) is 16.7 Å². The van der Waals surface area contributed by atoms with Gasteiger partial charge in [-0.1, -0.05) is 224 Å². The van der Waals surface area contributed by atoms with Crippen molar-refractivity contribution in [3.05, 3.63) is 0 Å². The maximum Gasteiger partial charge on any atom is 0.330 e. The molecular weight excluding hydrogens is 665 g/mol. The highest BCUT2D eigenvalue weighted by atomic mass is 32.2. The van der Waals surface area contributed by atoms with Gasteiger partial charge in [-0.25, -0.2) is 4.79 Å². The quantitative estimate of drug-likeness (QED) is 0.0482. The van der Waals surface area contributed by atoms with Gasteiger partial charge >= 0.3 is 11.9 Å². The van der Waals surface area contributed by atoms with Gasteiger partial charge in [-0.05, 0) is 19.8 Å². The highest BCUT2D eigenvalue weighted by Gasteiger charge is 2.39. The summed E-state index contributed by atoms with van der Waals surface area (Å²) < 4.78 is -1.43. The van der Waals surface area contributed by atoms with Crippen LogP contribution in [-0.4, -0.2) is 36.5 Å². The molecule has 0 unspecified atom stereocenters. The van der Waals surface area contributed by atoms with E-state index in [0.29, 0.717) is 12.8 Å². The fraction of sp³-hybridized carbons (Fsp3) is 0.905. The van der Waals surface area contributed by atoms with Gasteiger partial charge in [0.05, 0.1) is 0 Å². The standard InChI is InChI=1S/C39H74O4S2.C3H6O2/c1-4-6-8-10-12-14-16-18-20-22-24-26-28-30-32-34-36(40)44-39(3,38(42)43)45-37(41)35-33-31-29-27-25-23-21-19-17-15-13-11-9-7-5-2;1-2-3(4)5/h4-35H2,1-3H3,(H,42,43);2H2,1H3,(H,4,5). The fourth-order valence-corrected chi connectivity index (χ4v) is 8.19. The summed E-state index contributed by atoms with van der Waals surface area (Å²) in [5, 5.41) is 17.3. The van der Waals surface area contributed by atoms with Gasteiger partial charge in [0.1, 0.15) is 0 Å². The van der Waals surface area contributed by atoms with Crippen molar-refractivity contribution in [2.75, 3.05) is 0 Å². The predicted octanol–water partition coefficient (Wildman–Crippen LogP) is 14.3. The van der Waals surface area contributed by atoms with E-state index in [1.165, 1.54) is 161 Å². The predicted molar refractivity (Wildman–Crippen MR) is 218 cm³/mol. The topological polar surface area (TPSA) is 109 Å². The molecule has 8 heteroatoms. The molecule has 0 saturated heterocycles. The van der Waals surface area contributed by atoms with Crippen LogP contribution in [0.2, 0.25) is 0 Å². The van der Waals surface area contributed by atoms with Crippen molar-refractivity contribution in [2.45, 2.75) is 244 Å². The summed E-state index contributed by atoms with van der Waals surface area (Å²) in [5.74, 6) is -1.84. The monoisotopic (exact) mass is 745 g/mol. The van der Waals surface area contributed by atoms with Gasteiger partial charge in [0.15, 0.2) is 14.3 Å². The van der Waals surface area contributed by atoms with Crippen LogP contribution in [0.3, 0.4) is 0 Å². The third-order valence-electron chi connectivity index (χ3n) is 9.28. The van der Waals surface area contributed by atoms with E-state index in [9.17, 15) is 24.3 Å². The summed E-state index contributed by atoms with van der Waals surface area (Å²) in [5.41, 5.74) is 0. The van der Waals surface area contributed by atoms with Crippen LogP contribution in [0.25, 0.3) is 0 Å². The number of carbonyl (C=O) groups is 4. The smallest absolute Gasteiger partial charge is 0.330 e. The average Bonchev–Trinajstić information content (AvgIpc) is 3.08. The minimum Gasteiger partial charge on any atom is -0.481 e. The van der Waals surface area contributed by atoms with Crippen molar-refractivity contribution in [1.29, 1.82) is 0 Å². The van der Waals surface area contributed by atoms with Crippen LogP contribution in [0.5, 0.6) is 0 Å². The first-order valence-electron chi connectivity index (χ1n) is 21.0. The molecule has 0 fully saturated rings. The van der Waals surface area contributed by atoms with E-state index in [0.717, 1.165) is 62.0 Å². The Kier molecular flexibility index (Phi) is 40.0. The van der Waals surface area contributed by atoms with E-state index in [1.807, 2.05) is 0 Å². The Morgan fingerprint density at radius 3 is 0.780 bits per heavy atom. The summed E-state index contributed by atoms with van der Waals surface area (Å²) in [4.78, 5) is 46.5. The van der Waals surface area contributed by atoms with E-state index in [4.69, 9.17) is 5.11 Å². The maximum absolute atomic E-state index is 12.6. The Morgan fingerprint density at radius 1 is 0.400 bits per heavy atom. The molecule has 0 aliphatic carbocycles. The Hall–Kier alpha value is -1.02. The number of hydrogen-bond acceptors (Lipinski definition) is 6.